The molecule has 0 unspecified atom stereocenters. The largest absolute Gasteiger partial charge is 0.467 e. The summed E-state index contributed by atoms with van der Waals surface area (Å²) in [5, 5.41) is 10.1. The van der Waals surface area contributed by atoms with Gasteiger partial charge in [-0.3, -0.25) is 4.57 Å². The number of ether oxygens (including phenoxy) is 2. The normalized spacial score (nSPS) is 13.5. The van der Waals surface area contributed by atoms with E-state index in [9.17, 15) is 0 Å². The fraction of sp³-hybridized carbons (Fsp3) is 0.294. The third-order valence-electron chi connectivity index (χ3n) is 3.88. The first-order valence-electron chi connectivity index (χ1n) is 7.88. The van der Waals surface area contributed by atoms with Gasteiger partial charge in [0.05, 0.1) is 12.9 Å². The minimum Gasteiger partial charge on any atom is -0.467 e. The van der Waals surface area contributed by atoms with Gasteiger partial charge < -0.3 is 13.9 Å². The van der Waals surface area contributed by atoms with E-state index in [4.69, 9.17) is 25.5 Å². The molecule has 6 nitrogen and oxygen atoms in total. The second-order valence-corrected chi connectivity index (χ2v) is 6.86. The molecule has 25 heavy (non-hydrogen) atoms. The molecule has 0 amide bonds. The van der Waals surface area contributed by atoms with E-state index in [2.05, 4.69) is 17.1 Å². The zero-order valence-electron chi connectivity index (χ0n) is 13.6. The number of furan rings is 1. The number of aromatic nitrogens is 3. The Balaban J connectivity index is 1.59. The number of thioether (sulfide) groups is 1. The third-order valence-corrected chi connectivity index (χ3v) is 5.12. The minimum atomic E-state index is 0.264. The quantitative estimate of drug-likeness (QED) is 0.615. The molecule has 1 aliphatic rings. The van der Waals surface area contributed by atoms with Crippen LogP contribution in [-0.2, 0) is 23.6 Å². The molecule has 3 aromatic rings. The Morgan fingerprint density at radius 3 is 3.04 bits per heavy atom. The first-order valence-corrected chi connectivity index (χ1v) is 9.24. The maximum absolute atomic E-state index is 6.23. The first kappa shape index (κ1) is 16.5. The second kappa shape index (κ2) is 7.11. The van der Waals surface area contributed by atoms with Gasteiger partial charge in [0.1, 0.15) is 5.75 Å². The lowest BCUT2D eigenvalue weighted by molar-refractivity contribution is -0.0168. The number of fused-ring (bicyclic) bond motifs is 1. The van der Waals surface area contributed by atoms with E-state index in [1.165, 1.54) is 0 Å². The van der Waals surface area contributed by atoms with Crippen LogP contribution in [0.2, 0.25) is 5.02 Å². The van der Waals surface area contributed by atoms with Gasteiger partial charge in [0.25, 0.3) is 0 Å². The highest BCUT2D eigenvalue weighted by molar-refractivity contribution is 7.98. The molecule has 0 N–H and O–H groups in total. The zero-order chi connectivity index (χ0) is 17.2. The van der Waals surface area contributed by atoms with E-state index >= 15 is 0 Å². The van der Waals surface area contributed by atoms with Crippen molar-refractivity contribution in [1.82, 2.24) is 14.8 Å². The molecule has 0 aliphatic carbocycles. The standard InChI is InChI=1S/C17H16ClN3O3S/c1-2-21-16(14-4-3-5-23-14)19-20-17(21)25-9-12-7-13(18)6-11-8-22-10-24-15(11)12/h3-7H,2,8-10H2,1H3. The van der Waals surface area contributed by atoms with E-state index < -0.39 is 0 Å². The van der Waals surface area contributed by atoms with Crippen LogP contribution in [0.4, 0.5) is 0 Å². The Morgan fingerprint density at radius 2 is 2.24 bits per heavy atom. The van der Waals surface area contributed by atoms with Crippen molar-refractivity contribution in [1.29, 1.82) is 0 Å². The average Bonchev–Trinajstić information content (AvgIpc) is 3.28. The Labute approximate surface area is 154 Å². The molecular weight excluding hydrogens is 362 g/mol. The molecule has 0 fully saturated rings. The van der Waals surface area contributed by atoms with E-state index in [1.54, 1.807) is 18.0 Å². The molecular formula is C17H16ClN3O3S. The minimum absolute atomic E-state index is 0.264. The fourth-order valence-corrected chi connectivity index (χ4v) is 4.01. The molecule has 3 heterocycles. The van der Waals surface area contributed by atoms with Gasteiger partial charge in [-0.25, -0.2) is 0 Å². The Hall–Kier alpha value is -1.96. The van der Waals surface area contributed by atoms with Crippen LogP contribution in [-0.4, -0.2) is 21.6 Å². The molecule has 1 aromatic carbocycles. The Morgan fingerprint density at radius 1 is 1.32 bits per heavy atom. The number of halogens is 1. The van der Waals surface area contributed by atoms with Crippen molar-refractivity contribution >= 4 is 23.4 Å². The number of hydrogen-bond donors (Lipinski definition) is 0. The molecule has 0 radical (unpaired) electrons. The first-order chi connectivity index (χ1) is 12.3. The van der Waals surface area contributed by atoms with Crippen molar-refractivity contribution in [2.24, 2.45) is 0 Å². The molecule has 4 rings (SSSR count). The van der Waals surface area contributed by atoms with Crippen molar-refractivity contribution in [2.45, 2.75) is 31.0 Å². The topological polar surface area (TPSA) is 62.3 Å². The molecule has 0 saturated heterocycles. The maximum atomic E-state index is 6.23. The van der Waals surface area contributed by atoms with Crippen molar-refractivity contribution in [2.75, 3.05) is 6.79 Å². The van der Waals surface area contributed by atoms with Gasteiger partial charge >= 0.3 is 0 Å². The van der Waals surface area contributed by atoms with E-state index in [0.29, 0.717) is 23.1 Å². The van der Waals surface area contributed by atoms with Crippen LogP contribution in [0.3, 0.4) is 0 Å². The van der Waals surface area contributed by atoms with Crippen molar-refractivity contribution in [3.05, 3.63) is 46.7 Å². The maximum Gasteiger partial charge on any atom is 0.200 e. The summed E-state index contributed by atoms with van der Waals surface area (Å²) in [5.74, 6) is 2.98. The molecule has 0 spiro atoms. The second-order valence-electron chi connectivity index (χ2n) is 5.48. The van der Waals surface area contributed by atoms with E-state index in [-0.39, 0.29) is 6.79 Å². The molecule has 0 saturated carbocycles. The van der Waals surface area contributed by atoms with Gasteiger partial charge in [-0.1, -0.05) is 23.4 Å². The van der Waals surface area contributed by atoms with Crippen LogP contribution < -0.4 is 4.74 Å². The predicted octanol–water partition coefficient (Wildman–Crippen LogP) is 4.37. The summed E-state index contributed by atoms with van der Waals surface area (Å²) in [5.41, 5.74) is 2.00. The lowest BCUT2D eigenvalue weighted by Gasteiger charge is -2.21. The molecule has 8 heteroatoms. The van der Waals surface area contributed by atoms with Crippen LogP contribution in [0, 0.1) is 0 Å². The van der Waals surface area contributed by atoms with Crippen LogP contribution in [0.1, 0.15) is 18.1 Å². The molecule has 0 bridgehead atoms. The monoisotopic (exact) mass is 377 g/mol. The van der Waals surface area contributed by atoms with Crippen molar-refractivity contribution < 1.29 is 13.9 Å². The number of benzene rings is 1. The highest BCUT2D eigenvalue weighted by atomic mass is 35.5. The molecule has 2 aromatic heterocycles. The SMILES string of the molecule is CCn1c(SCc2cc(Cl)cc3c2OCOC3)nnc1-c1ccco1. The summed E-state index contributed by atoms with van der Waals surface area (Å²) in [6.45, 7) is 3.59. The zero-order valence-corrected chi connectivity index (χ0v) is 15.1. The highest BCUT2D eigenvalue weighted by Crippen LogP contribution is 2.35. The van der Waals surface area contributed by atoms with Crippen molar-refractivity contribution in [3.8, 4) is 17.3 Å². The Kier molecular flexibility index (Phi) is 4.70. The van der Waals surface area contributed by atoms with Crippen LogP contribution in [0.5, 0.6) is 5.75 Å². The summed E-state index contributed by atoms with van der Waals surface area (Å²) in [7, 11) is 0. The number of hydrogen-bond acceptors (Lipinski definition) is 6. The average molecular weight is 378 g/mol. The number of nitrogens with zero attached hydrogens (tertiary/aromatic N) is 3. The summed E-state index contributed by atoms with van der Waals surface area (Å²) >= 11 is 7.82. The Bertz CT molecular complexity index is 880. The number of rotatable bonds is 5. The van der Waals surface area contributed by atoms with Crippen LogP contribution in [0.15, 0.2) is 40.1 Å². The van der Waals surface area contributed by atoms with Crippen LogP contribution >= 0.6 is 23.4 Å². The van der Waals surface area contributed by atoms with E-state index in [0.717, 1.165) is 34.4 Å². The summed E-state index contributed by atoms with van der Waals surface area (Å²) in [6, 6.07) is 7.53. The lowest BCUT2D eigenvalue weighted by atomic mass is 10.1. The molecule has 0 atom stereocenters. The fourth-order valence-electron chi connectivity index (χ4n) is 2.77. The summed E-state index contributed by atoms with van der Waals surface area (Å²) in [4.78, 5) is 0. The van der Waals surface area contributed by atoms with Gasteiger partial charge in [0.2, 0.25) is 0 Å². The lowest BCUT2D eigenvalue weighted by Crippen LogP contribution is -2.13. The van der Waals surface area contributed by atoms with Crippen molar-refractivity contribution in [3.63, 3.8) is 0 Å². The third kappa shape index (κ3) is 3.27. The van der Waals surface area contributed by atoms with Crippen LogP contribution in [0.25, 0.3) is 11.6 Å². The van der Waals surface area contributed by atoms with Gasteiger partial charge in [-0.2, -0.15) is 0 Å². The van der Waals surface area contributed by atoms with Gasteiger partial charge in [-0.15, -0.1) is 10.2 Å². The van der Waals surface area contributed by atoms with E-state index in [1.807, 2.05) is 28.8 Å². The summed E-state index contributed by atoms with van der Waals surface area (Å²) < 4.78 is 18.5. The smallest absolute Gasteiger partial charge is 0.200 e. The predicted molar refractivity (Wildman–Crippen MR) is 94.7 cm³/mol. The van der Waals surface area contributed by atoms with Gasteiger partial charge in [-0.05, 0) is 31.2 Å². The summed E-state index contributed by atoms with van der Waals surface area (Å²) in [6.07, 6.45) is 1.63. The van der Waals surface area contributed by atoms with Gasteiger partial charge in [0.15, 0.2) is 23.5 Å². The highest BCUT2D eigenvalue weighted by Gasteiger charge is 2.19. The van der Waals surface area contributed by atoms with Gasteiger partial charge in [0, 0.05) is 28.4 Å². The molecule has 130 valence electrons. The molecule has 1 aliphatic heterocycles.